The summed E-state index contributed by atoms with van der Waals surface area (Å²) in [5, 5.41) is 24.3. The molecule has 130 valence electrons. The summed E-state index contributed by atoms with van der Waals surface area (Å²) in [4.78, 5) is 44.7. The quantitative estimate of drug-likeness (QED) is 0.476. The van der Waals surface area contributed by atoms with Crippen LogP contribution in [-0.2, 0) is 9.59 Å². The number of nitro groups is 1. The van der Waals surface area contributed by atoms with Gasteiger partial charge in [0.05, 0.1) is 11.5 Å². The second kappa shape index (κ2) is 8.61. The minimum atomic E-state index is -1.15. The first-order valence-corrected chi connectivity index (χ1v) is 7.25. The molecular weight excluding hydrogens is 318 g/mol. The highest BCUT2D eigenvalue weighted by atomic mass is 16.6. The molecule has 0 aromatic heterocycles. The number of carbonyl (C=O) groups excluding carboxylic acids is 2. The van der Waals surface area contributed by atoms with Crippen LogP contribution in [0.1, 0.15) is 30.6 Å². The second-order valence-electron chi connectivity index (χ2n) is 5.58. The molecule has 1 atom stereocenters. The number of amides is 2. The van der Waals surface area contributed by atoms with Gasteiger partial charge in [-0.15, -0.1) is 0 Å². The molecule has 1 aromatic rings. The molecule has 0 heterocycles. The van der Waals surface area contributed by atoms with E-state index in [1.165, 1.54) is 18.2 Å². The molecule has 2 amide bonds. The molecular formula is C15H19N3O6. The van der Waals surface area contributed by atoms with Crippen LogP contribution in [0, 0.1) is 16.0 Å². The number of aliphatic carboxylic acids is 1. The first-order valence-electron chi connectivity index (χ1n) is 7.25. The molecule has 0 radical (unpaired) electrons. The number of nitrogens with one attached hydrogen (secondary N) is 2. The molecule has 1 aromatic carbocycles. The molecule has 0 aliphatic carbocycles. The molecule has 0 saturated heterocycles. The van der Waals surface area contributed by atoms with Crippen LogP contribution in [0.4, 0.5) is 5.69 Å². The van der Waals surface area contributed by atoms with Gasteiger partial charge < -0.3 is 15.7 Å². The number of non-ortho nitro benzene ring substituents is 1. The number of carboxylic acid groups (broad SMARTS) is 1. The van der Waals surface area contributed by atoms with E-state index in [9.17, 15) is 24.5 Å². The van der Waals surface area contributed by atoms with E-state index in [-0.39, 0.29) is 23.6 Å². The zero-order valence-corrected chi connectivity index (χ0v) is 13.3. The topological polar surface area (TPSA) is 139 Å². The van der Waals surface area contributed by atoms with E-state index in [4.69, 9.17) is 5.11 Å². The molecule has 1 rings (SSSR count). The lowest BCUT2D eigenvalue weighted by molar-refractivity contribution is -0.384. The standard InChI is InChI=1S/C15H19N3O6/c1-9(2)6-12(15(21)22)17-13(19)8-16-14(20)10-4-3-5-11(7-10)18(23)24/h3-5,7,9,12H,6,8H2,1-2H3,(H,16,20)(H,17,19)(H,21,22)/t12-/m0/s1. The molecule has 0 unspecified atom stereocenters. The number of carboxylic acids is 1. The second-order valence-corrected chi connectivity index (χ2v) is 5.58. The Morgan fingerprint density at radius 2 is 1.96 bits per heavy atom. The minimum absolute atomic E-state index is 0.0361. The van der Waals surface area contributed by atoms with Gasteiger partial charge in [-0.05, 0) is 18.4 Å². The fraction of sp³-hybridized carbons (Fsp3) is 0.400. The van der Waals surface area contributed by atoms with Gasteiger partial charge in [-0.2, -0.15) is 0 Å². The lowest BCUT2D eigenvalue weighted by Crippen LogP contribution is -2.46. The lowest BCUT2D eigenvalue weighted by atomic mass is 10.0. The van der Waals surface area contributed by atoms with Gasteiger partial charge in [0.15, 0.2) is 0 Å². The largest absolute Gasteiger partial charge is 0.480 e. The van der Waals surface area contributed by atoms with Gasteiger partial charge in [-0.3, -0.25) is 19.7 Å². The first-order chi connectivity index (χ1) is 11.2. The zero-order chi connectivity index (χ0) is 18.3. The Bertz CT molecular complexity index is 644. The van der Waals surface area contributed by atoms with Crippen LogP contribution in [0.5, 0.6) is 0 Å². The molecule has 9 heteroatoms. The predicted molar refractivity (Wildman–Crippen MR) is 84.5 cm³/mol. The third-order valence-electron chi connectivity index (χ3n) is 3.07. The summed E-state index contributed by atoms with van der Waals surface area (Å²) in [7, 11) is 0. The normalized spacial score (nSPS) is 11.6. The van der Waals surface area contributed by atoms with Crippen molar-refractivity contribution in [3.63, 3.8) is 0 Å². The van der Waals surface area contributed by atoms with Crippen molar-refractivity contribution in [2.24, 2.45) is 5.92 Å². The van der Waals surface area contributed by atoms with Crippen LogP contribution in [0.2, 0.25) is 0 Å². The SMILES string of the molecule is CC(C)C[C@H](NC(=O)CNC(=O)c1cccc([N+](=O)[O-])c1)C(=O)O. The Morgan fingerprint density at radius 3 is 2.50 bits per heavy atom. The van der Waals surface area contributed by atoms with Crippen molar-refractivity contribution in [2.75, 3.05) is 6.54 Å². The maximum absolute atomic E-state index is 11.9. The molecule has 0 saturated carbocycles. The fourth-order valence-corrected chi connectivity index (χ4v) is 1.96. The third kappa shape index (κ3) is 6.03. The number of nitrogens with zero attached hydrogens (tertiary/aromatic N) is 1. The predicted octanol–water partition coefficient (Wildman–Crippen LogP) is 0.940. The van der Waals surface area contributed by atoms with Gasteiger partial charge in [0.1, 0.15) is 6.04 Å². The highest BCUT2D eigenvalue weighted by Gasteiger charge is 2.21. The first kappa shape index (κ1) is 19.1. The monoisotopic (exact) mass is 337 g/mol. The van der Waals surface area contributed by atoms with Gasteiger partial charge in [0.25, 0.3) is 11.6 Å². The number of benzene rings is 1. The van der Waals surface area contributed by atoms with E-state index >= 15 is 0 Å². The molecule has 0 aliphatic rings. The van der Waals surface area contributed by atoms with E-state index < -0.39 is 35.3 Å². The van der Waals surface area contributed by atoms with Crippen molar-refractivity contribution in [3.8, 4) is 0 Å². The fourth-order valence-electron chi connectivity index (χ4n) is 1.96. The number of rotatable bonds is 8. The molecule has 0 bridgehead atoms. The molecule has 0 spiro atoms. The maximum Gasteiger partial charge on any atom is 0.326 e. The Kier molecular flexibility index (Phi) is 6.84. The third-order valence-corrected chi connectivity index (χ3v) is 3.07. The summed E-state index contributed by atoms with van der Waals surface area (Å²) >= 11 is 0. The average molecular weight is 337 g/mol. The average Bonchev–Trinajstić information content (AvgIpc) is 2.51. The Morgan fingerprint density at radius 1 is 1.29 bits per heavy atom. The van der Waals surface area contributed by atoms with Gasteiger partial charge >= 0.3 is 5.97 Å². The van der Waals surface area contributed by atoms with Gasteiger partial charge in [0, 0.05) is 17.7 Å². The summed E-state index contributed by atoms with van der Waals surface area (Å²) in [5.41, 5.74) is -0.205. The van der Waals surface area contributed by atoms with Crippen molar-refractivity contribution in [2.45, 2.75) is 26.3 Å². The number of nitro benzene ring substituents is 1. The van der Waals surface area contributed by atoms with Gasteiger partial charge in [0.2, 0.25) is 5.91 Å². The summed E-state index contributed by atoms with van der Waals surface area (Å²) in [6.07, 6.45) is 0.264. The molecule has 0 aliphatic heterocycles. The number of hydrogen-bond acceptors (Lipinski definition) is 5. The van der Waals surface area contributed by atoms with Crippen molar-refractivity contribution in [3.05, 3.63) is 39.9 Å². The molecule has 9 nitrogen and oxygen atoms in total. The smallest absolute Gasteiger partial charge is 0.326 e. The number of carbonyl (C=O) groups is 3. The van der Waals surface area contributed by atoms with E-state index in [0.29, 0.717) is 0 Å². The summed E-state index contributed by atoms with van der Waals surface area (Å²) in [6.45, 7) is 3.22. The lowest BCUT2D eigenvalue weighted by Gasteiger charge is -2.16. The van der Waals surface area contributed by atoms with Gasteiger partial charge in [-0.1, -0.05) is 19.9 Å². The minimum Gasteiger partial charge on any atom is -0.480 e. The summed E-state index contributed by atoms with van der Waals surface area (Å²) in [6, 6.07) is 4.03. The number of hydrogen-bond donors (Lipinski definition) is 3. The summed E-state index contributed by atoms with van der Waals surface area (Å²) in [5.74, 6) is -2.39. The molecule has 3 N–H and O–H groups in total. The van der Waals surface area contributed by atoms with Crippen molar-refractivity contribution in [1.82, 2.24) is 10.6 Å². The zero-order valence-electron chi connectivity index (χ0n) is 13.3. The van der Waals surface area contributed by atoms with Crippen LogP contribution in [-0.4, -0.2) is 40.4 Å². The van der Waals surface area contributed by atoms with Crippen molar-refractivity contribution < 1.29 is 24.4 Å². The van der Waals surface area contributed by atoms with E-state index in [0.717, 1.165) is 6.07 Å². The van der Waals surface area contributed by atoms with Crippen LogP contribution in [0.25, 0.3) is 0 Å². The van der Waals surface area contributed by atoms with Crippen LogP contribution >= 0.6 is 0 Å². The highest BCUT2D eigenvalue weighted by molar-refractivity contribution is 5.97. The van der Waals surface area contributed by atoms with E-state index in [1.54, 1.807) is 0 Å². The summed E-state index contributed by atoms with van der Waals surface area (Å²) < 4.78 is 0. The highest BCUT2D eigenvalue weighted by Crippen LogP contribution is 2.12. The van der Waals surface area contributed by atoms with Crippen LogP contribution in [0.15, 0.2) is 24.3 Å². The van der Waals surface area contributed by atoms with Crippen molar-refractivity contribution >= 4 is 23.5 Å². The van der Waals surface area contributed by atoms with Gasteiger partial charge in [-0.25, -0.2) is 4.79 Å². The van der Waals surface area contributed by atoms with Crippen LogP contribution < -0.4 is 10.6 Å². The molecule has 0 fully saturated rings. The molecule has 24 heavy (non-hydrogen) atoms. The van der Waals surface area contributed by atoms with E-state index in [2.05, 4.69) is 10.6 Å². The van der Waals surface area contributed by atoms with E-state index in [1.807, 2.05) is 13.8 Å². The maximum atomic E-state index is 11.9. The Balaban J connectivity index is 2.60. The van der Waals surface area contributed by atoms with Crippen LogP contribution in [0.3, 0.4) is 0 Å². The van der Waals surface area contributed by atoms with Crippen molar-refractivity contribution in [1.29, 1.82) is 0 Å². The Hall–Kier alpha value is -2.97. The Labute approximate surface area is 138 Å².